The van der Waals surface area contributed by atoms with Crippen molar-refractivity contribution < 1.29 is 19.0 Å². The van der Waals surface area contributed by atoms with Gasteiger partial charge in [-0.2, -0.15) is 14.9 Å². The largest absolute Gasteiger partial charge is 0.493 e. The van der Waals surface area contributed by atoms with Crippen LogP contribution >= 0.6 is 12.2 Å². The Hall–Kier alpha value is -2.52. The fourth-order valence-corrected chi connectivity index (χ4v) is 2.72. The van der Waals surface area contributed by atoms with E-state index in [4.69, 9.17) is 26.4 Å². The number of aromatic amines is 1. The lowest BCUT2D eigenvalue weighted by molar-refractivity contribution is -0.132. The molecule has 1 aliphatic rings. The van der Waals surface area contributed by atoms with Crippen LogP contribution in [0.1, 0.15) is 37.3 Å². The van der Waals surface area contributed by atoms with E-state index in [9.17, 15) is 4.79 Å². The summed E-state index contributed by atoms with van der Waals surface area (Å²) in [4.78, 5) is 11.1. The maximum Gasteiger partial charge on any atom is 0.308 e. The average Bonchev–Trinajstić information content (AvgIpc) is 3.23. The first kappa shape index (κ1) is 17.3. The van der Waals surface area contributed by atoms with Gasteiger partial charge in [-0.15, -0.1) is 0 Å². The third-order valence-corrected chi connectivity index (χ3v) is 3.92. The van der Waals surface area contributed by atoms with Crippen LogP contribution in [-0.2, 0) is 9.53 Å². The van der Waals surface area contributed by atoms with E-state index < -0.39 is 5.97 Å². The van der Waals surface area contributed by atoms with E-state index in [-0.39, 0.29) is 6.10 Å². The van der Waals surface area contributed by atoms with Gasteiger partial charge >= 0.3 is 5.97 Å². The van der Waals surface area contributed by atoms with Crippen molar-refractivity contribution in [2.45, 2.75) is 25.9 Å². The Morgan fingerprint density at radius 3 is 3.04 bits per heavy atom. The van der Waals surface area contributed by atoms with E-state index in [1.807, 2.05) is 0 Å². The van der Waals surface area contributed by atoms with E-state index in [0.29, 0.717) is 28.7 Å². The van der Waals surface area contributed by atoms with Crippen LogP contribution in [-0.4, -0.2) is 40.8 Å². The summed E-state index contributed by atoms with van der Waals surface area (Å²) in [6, 6.07) is 5.13. The fraction of sp³-hybridized carbons (Fsp3) is 0.375. The van der Waals surface area contributed by atoms with Gasteiger partial charge in [-0.1, -0.05) is 0 Å². The molecule has 1 saturated heterocycles. The Kier molecular flexibility index (Phi) is 5.25. The summed E-state index contributed by atoms with van der Waals surface area (Å²) in [5.74, 6) is 1.04. The Morgan fingerprint density at radius 2 is 2.36 bits per heavy atom. The van der Waals surface area contributed by atoms with Gasteiger partial charge in [0.15, 0.2) is 17.3 Å². The number of methoxy groups -OCH3 is 1. The van der Waals surface area contributed by atoms with Crippen LogP contribution in [0, 0.1) is 4.77 Å². The van der Waals surface area contributed by atoms with Crippen molar-refractivity contribution in [2.24, 2.45) is 5.10 Å². The summed E-state index contributed by atoms with van der Waals surface area (Å²) in [5, 5.41) is 11.4. The molecule has 0 radical (unpaired) electrons. The molecule has 1 atom stereocenters. The molecule has 132 valence electrons. The van der Waals surface area contributed by atoms with E-state index in [1.165, 1.54) is 14.0 Å². The zero-order valence-electron chi connectivity index (χ0n) is 13.9. The van der Waals surface area contributed by atoms with Gasteiger partial charge in [-0.3, -0.25) is 9.89 Å². The van der Waals surface area contributed by atoms with E-state index >= 15 is 0 Å². The number of hydrogen-bond donors (Lipinski definition) is 1. The number of benzene rings is 1. The molecule has 1 aromatic carbocycles. The number of nitrogens with one attached hydrogen (secondary N) is 1. The Bertz CT molecular complexity index is 852. The van der Waals surface area contributed by atoms with E-state index in [2.05, 4.69) is 15.3 Å². The quantitative estimate of drug-likeness (QED) is 0.380. The molecule has 0 amide bonds. The van der Waals surface area contributed by atoms with Crippen molar-refractivity contribution in [2.75, 3.05) is 13.7 Å². The van der Waals surface area contributed by atoms with Gasteiger partial charge in [-0.05, 0) is 48.8 Å². The Morgan fingerprint density at radius 1 is 1.52 bits per heavy atom. The number of ether oxygens (including phenoxy) is 3. The van der Waals surface area contributed by atoms with E-state index in [1.54, 1.807) is 29.1 Å². The first-order valence-electron chi connectivity index (χ1n) is 7.78. The predicted molar refractivity (Wildman–Crippen MR) is 92.6 cm³/mol. The highest BCUT2D eigenvalue weighted by molar-refractivity contribution is 7.71. The highest BCUT2D eigenvalue weighted by Crippen LogP contribution is 2.28. The average molecular weight is 362 g/mol. The van der Waals surface area contributed by atoms with E-state index in [0.717, 1.165) is 18.4 Å². The molecular formula is C16H18N4O4S. The molecular weight excluding hydrogens is 344 g/mol. The van der Waals surface area contributed by atoms with Crippen LogP contribution in [0.3, 0.4) is 0 Å². The summed E-state index contributed by atoms with van der Waals surface area (Å²) in [6.45, 7) is 2.05. The molecule has 1 aliphatic heterocycles. The van der Waals surface area contributed by atoms with Gasteiger partial charge in [0, 0.05) is 13.5 Å². The lowest BCUT2D eigenvalue weighted by Crippen LogP contribution is -2.05. The topological polar surface area (TPSA) is 90.7 Å². The smallest absolute Gasteiger partial charge is 0.308 e. The molecule has 25 heavy (non-hydrogen) atoms. The molecule has 0 spiro atoms. The molecule has 0 saturated carbocycles. The van der Waals surface area contributed by atoms with Crippen LogP contribution < -0.4 is 9.47 Å². The highest BCUT2D eigenvalue weighted by Gasteiger charge is 2.23. The van der Waals surface area contributed by atoms with Gasteiger partial charge in [-0.25, -0.2) is 0 Å². The fourth-order valence-electron chi connectivity index (χ4n) is 2.53. The minimum atomic E-state index is -0.411. The number of aromatic nitrogens is 3. The molecule has 8 nitrogen and oxygen atoms in total. The Balaban J connectivity index is 1.86. The third kappa shape index (κ3) is 3.94. The van der Waals surface area contributed by atoms with Crippen molar-refractivity contribution in [1.82, 2.24) is 14.9 Å². The first-order valence-corrected chi connectivity index (χ1v) is 8.19. The first-order chi connectivity index (χ1) is 12.1. The normalized spacial score (nSPS) is 17.1. The number of H-pyrrole nitrogens is 1. The zero-order valence-corrected chi connectivity index (χ0v) is 14.7. The molecule has 3 rings (SSSR count). The summed E-state index contributed by atoms with van der Waals surface area (Å²) in [5.41, 5.74) is 0.758. The van der Waals surface area contributed by atoms with Gasteiger partial charge in [0.25, 0.3) is 0 Å². The number of rotatable bonds is 5. The second kappa shape index (κ2) is 7.58. The molecule has 0 bridgehead atoms. The third-order valence-electron chi connectivity index (χ3n) is 3.66. The molecule has 2 heterocycles. The van der Waals surface area contributed by atoms with Crippen LogP contribution in [0.5, 0.6) is 11.5 Å². The molecule has 9 heteroatoms. The molecule has 0 aliphatic carbocycles. The number of esters is 1. The number of hydrogen-bond acceptors (Lipinski definition) is 7. The summed E-state index contributed by atoms with van der Waals surface area (Å²) >= 11 is 5.23. The maximum absolute atomic E-state index is 11.1. The minimum absolute atomic E-state index is 0.106. The zero-order chi connectivity index (χ0) is 17.8. The molecule has 1 fully saturated rings. The van der Waals surface area contributed by atoms with Crippen molar-refractivity contribution in [3.63, 3.8) is 0 Å². The van der Waals surface area contributed by atoms with Crippen LogP contribution in [0.15, 0.2) is 23.3 Å². The highest BCUT2D eigenvalue weighted by atomic mass is 32.1. The number of carbonyl (C=O) groups excluding carboxylic acids is 1. The SMILES string of the molecule is COc1cc(/C=N\n2c([C@@H]3CCCO3)n[nH]c2=S)ccc1OC(C)=O. The van der Waals surface area contributed by atoms with Crippen LogP contribution in [0.4, 0.5) is 0 Å². The van der Waals surface area contributed by atoms with Gasteiger partial charge in [0.2, 0.25) is 4.77 Å². The molecule has 1 aromatic heterocycles. The summed E-state index contributed by atoms with van der Waals surface area (Å²) in [7, 11) is 1.50. The molecule has 1 N–H and O–H groups in total. The molecule has 2 aromatic rings. The summed E-state index contributed by atoms with van der Waals surface area (Å²) < 4.78 is 17.9. The van der Waals surface area contributed by atoms with Crippen molar-refractivity contribution in [3.05, 3.63) is 34.4 Å². The lowest BCUT2D eigenvalue weighted by atomic mass is 10.2. The monoisotopic (exact) mass is 362 g/mol. The van der Waals surface area contributed by atoms with Gasteiger partial charge in [0.1, 0.15) is 6.10 Å². The standard InChI is InChI=1S/C16H18N4O4S/c1-10(21)24-12-6-5-11(8-14(12)22-2)9-17-20-15(18-19-16(20)25)13-4-3-7-23-13/h5-6,8-9,13H,3-4,7H2,1-2H3,(H,19,25)/b17-9-/t13-/m0/s1. The Labute approximate surface area is 149 Å². The summed E-state index contributed by atoms with van der Waals surface area (Å²) in [6.07, 6.45) is 3.40. The number of carbonyl (C=O) groups is 1. The predicted octanol–water partition coefficient (Wildman–Crippen LogP) is 2.61. The van der Waals surface area contributed by atoms with Gasteiger partial charge < -0.3 is 14.2 Å². The second-order valence-corrected chi connectivity index (χ2v) is 5.84. The maximum atomic E-state index is 11.1. The van der Waals surface area contributed by atoms with Crippen molar-refractivity contribution in [1.29, 1.82) is 0 Å². The number of nitrogens with zero attached hydrogens (tertiary/aromatic N) is 3. The van der Waals surface area contributed by atoms with Crippen LogP contribution in [0.2, 0.25) is 0 Å². The van der Waals surface area contributed by atoms with Gasteiger partial charge in [0.05, 0.1) is 13.3 Å². The molecule has 0 unspecified atom stereocenters. The lowest BCUT2D eigenvalue weighted by Gasteiger charge is -2.09. The van der Waals surface area contributed by atoms with Crippen molar-refractivity contribution >= 4 is 24.4 Å². The minimum Gasteiger partial charge on any atom is -0.493 e. The van der Waals surface area contributed by atoms with Crippen LogP contribution in [0.25, 0.3) is 0 Å². The van der Waals surface area contributed by atoms with Crippen molar-refractivity contribution in [3.8, 4) is 11.5 Å². The second-order valence-electron chi connectivity index (χ2n) is 5.45.